The van der Waals surface area contributed by atoms with E-state index in [1.807, 2.05) is 0 Å². The molecular weight excluding hydrogens is 226 g/mol. The van der Waals surface area contributed by atoms with E-state index in [1.54, 1.807) is 12.1 Å². The molecule has 0 aromatic carbocycles. The summed E-state index contributed by atoms with van der Waals surface area (Å²) in [7, 11) is 0. The Hall–Kier alpha value is -1.00. The second-order valence-corrected chi connectivity index (χ2v) is 4.76. The number of nitrogens with zero attached hydrogens (tertiary/aromatic N) is 1. The quantitative estimate of drug-likeness (QED) is 0.780. The molecule has 3 N–H and O–H groups in total. The van der Waals surface area contributed by atoms with Crippen LogP contribution in [0.3, 0.4) is 0 Å². The Kier molecular flexibility index (Phi) is 3.21. The number of aromatic nitrogens is 1. The maximum absolute atomic E-state index is 5.85. The van der Waals surface area contributed by atoms with Crippen LogP contribution in [-0.2, 0) is 4.74 Å². The Morgan fingerprint density at radius 1 is 1.44 bits per heavy atom. The van der Waals surface area contributed by atoms with Crippen molar-refractivity contribution in [3.63, 3.8) is 0 Å². The van der Waals surface area contributed by atoms with Crippen LogP contribution in [0, 0.1) is 0 Å². The highest BCUT2D eigenvalue weighted by atomic mass is 35.5. The van der Waals surface area contributed by atoms with E-state index >= 15 is 0 Å². The van der Waals surface area contributed by atoms with Crippen LogP contribution in [0.1, 0.15) is 19.8 Å². The van der Waals surface area contributed by atoms with Gasteiger partial charge in [0.1, 0.15) is 5.15 Å². The van der Waals surface area contributed by atoms with E-state index < -0.39 is 0 Å². The molecule has 0 aliphatic carbocycles. The average Bonchev–Trinajstić information content (AvgIpc) is 2.24. The molecule has 2 rings (SSSR count). The van der Waals surface area contributed by atoms with Crippen molar-refractivity contribution in [2.75, 3.05) is 24.3 Å². The van der Waals surface area contributed by atoms with Gasteiger partial charge in [-0.15, -0.1) is 0 Å². The predicted octanol–water partition coefficient (Wildman–Crippen LogP) is 2.30. The first-order valence-electron chi connectivity index (χ1n) is 5.37. The van der Waals surface area contributed by atoms with Crippen LogP contribution < -0.4 is 11.1 Å². The summed E-state index contributed by atoms with van der Waals surface area (Å²) in [6.07, 6.45) is 1.89. The van der Waals surface area contributed by atoms with Crippen LogP contribution >= 0.6 is 11.6 Å². The lowest BCUT2D eigenvalue weighted by molar-refractivity contribution is 0.0657. The zero-order chi connectivity index (χ0) is 11.6. The van der Waals surface area contributed by atoms with Crippen LogP contribution in [0.4, 0.5) is 11.5 Å². The molecule has 0 amide bonds. The summed E-state index contributed by atoms with van der Waals surface area (Å²) in [5, 5.41) is 3.82. The Balaban J connectivity index is 2.15. The number of nitrogen functional groups attached to an aromatic ring is 1. The number of nitrogens with one attached hydrogen (secondary N) is 1. The van der Waals surface area contributed by atoms with Crippen LogP contribution in [0.5, 0.6) is 0 Å². The number of hydrogen-bond donors (Lipinski definition) is 2. The fourth-order valence-corrected chi connectivity index (χ4v) is 1.93. The second kappa shape index (κ2) is 4.47. The van der Waals surface area contributed by atoms with Gasteiger partial charge in [-0.25, -0.2) is 4.98 Å². The van der Waals surface area contributed by atoms with Crippen LogP contribution in [0.25, 0.3) is 0 Å². The minimum Gasteiger partial charge on any atom is -0.396 e. The summed E-state index contributed by atoms with van der Waals surface area (Å²) in [5.74, 6) is 0.664. The first-order valence-corrected chi connectivity index (χ1v) is 5.75. The van der Waals surface area contributed by atoms with E-state index in [0.29, 0.717) is 16.7 Å². The van der Waals surface area contributed by atoms with Gasteiger partial charge in [-0.3, -0.25) is 0 Å². The lowest BCUT2D eigenvalue weighted by atomic mass is 9.92. The zero-order valence-corrected chi connectivity index (χ0v) is 10.0. The monoisotopic (exact) mass is 241 g/mol. The molecule has 0 unspecified atom stereocenters. The topological polar surface area (TPSA) is 60.2 Å². The molecule has 1 aromatic rings. The molecular formula is C11H16ClN3O. The van der Waals surface area contributed by atoms with E-state index in [1.165, 1.54) is 0 Å². The maximum Gasteiger partial charge on any atom is 0.151 e. The molecule has 1 saturated heterocycles. The van der Waals surface area contributed by atoms with Crippen molar-refractivity contribution in [2.45, 2.75) is 25.3 Å². The zero-order valence-electron chi connectivity index (χ0n) is 9.29. The Labute approximate surface area is 100 Å². The molecule has 0 atom stereocenters. The molecule has 0 bridgehead atoms. The third kappa shape index (κ3) is 2.57. The number of rotatable bonds is 2. The summed E-state index contributed by atoms with van der Waals surface area (Å²) in [5.41, 5.74) is 6.46. The molecule has 16 heavy (non-hydrogen) atoms. The second-order valence-electron chi connectivity index (χ2n) is 4.37. The van der Waals surface area contributed by atoms with Crippen molar-refractivity contribution < 1.29 is 4.74 Å². The number of ether oxygens (including phenoxy) is 1. The highest BCUT2D eigenvalue weighted by Gasteiger charge is 2.28. The molecule has 0 radical (unpaired) electrons. The minimum atomic E-state index is -0.00987. The van der Waals surface area contributed by atoms with Gasteiger partial charge in [0.25, 0.3) is 0 Å². The normalized spacial score (nSPS) is 19.4. The third-order valence-corrected chi connectivity index (χ3v) is 3.12. The molecule has 4 nitrogen and oxygen atoms in total. The van der Waals surface area contributed by atoms with Crippen molar-refractivity contribution in [2.24, 2.45) is 0 Å². The number of pyridine rings is 1. The number of anilines is 2. The molecule has 1 aliphatic heterocycles. The Bertz CT molecular complexity index is 377. The van der Waals surface area contributed by atoms with Gasteiger partial charge in [-0.05, 0) is 31.9 Å². The minimum absolute atomic E-state index is 0.00987. The van der Waals surface area contributed by atoms with Gasteiger partial charge in [0.05, 0.1) is 5.69 Å². The van der Waals surface area contributed by atoms with Gasteiger partial charge in [0.15, 0.2) is 5.82 Å². The first kappa shape index (κ1) is 11.5. The van der Waals surface area contributed by atoms with Crippen molar-refractivity contribution in [1.82, 2.24) is 4.98 Å². The molecule has 5 heteroatoms. The molecule has 1 aromatic heterocycles. The summed E-state index contributed by atoms with van der Waals surface area (Å²) in [6, 6.07) is 3.45. The van der Waals surface area contributed by atoms with Gasteiger partial charge < -0.3 is 15.8 Å². The fraction of sp³-hybridized carbons (Fsp3) is 0.545. The molecule has 1 aliphatic rings. The first-order chi connectivity index (χ1) is 7.59. The maximum atomic E-state index is 5.85. The summed E-state index contributed by atoms with van der Waals surface area (Å²) in [4.78, 5) is 4.20. The number of nitrogens with two attached hydrogens (primary N) is 1. The van der Waals surface area contributed by atoms with Gasteiger partial charge in [0, 0.05) is 18.8 Å². The smallest absolute Gasteiger partial charge is 0.151 e. The molecule has 0 saturated carbocycles. The number of hydrogen-bond acceptors (Lipinski definition) is 4. The molecule has 88 valence electrons. The van der Waals surface area contributed by atoms with E-state index in [4.69, 9.17) is 22.1 Å². The van der Waals surface area contributed by atoms with E-state index in [9.17, 15) is 0 Å². The van der Waals surface area contributed by atoms with Gasteiger partial charge in [0.2, 0.25) is 0 Å². The molecule has 2 heterocycles. The Morgan fingerprint density at radius 3 is 2.81 bits per heavy atom. The van der Waals surface area contributed by atoms with Crippen LogP contribution in [0.15, 0.2) is 12.1 Å². The van der Waals surface area contributed by atoms with Crippen LogP contribution in [0.2, 0.25) is 5.15 Å². The summed E-state index contributed by atoms with van der Waals surface area (Å²) < 4.78 is 5.34. The molecule has 0 spiro atoms. The molecule has 1 fully saturated rings. The van der Waals surface area contributed by atoms with Gasteiger partial charge in [-0.1, -0.05) is 11.6 Å². The lowest BCUT2D eigenvalue weighted by Crippen LogP contribution is -2.41. The average molecular weight is 242 g/mol. The third-order valence-electron chi connectivity index (χ3n) is 2.91. The van der Waals surface area contributed by atoms with Crippen LogP contribution in [-0.4, -0.2) is 23.7 Å². The fourth-order valence-electron chi connectivity index (χ4n) is 1.78. The van der Waals surface area contributed by atoms with Gasteiger partial charge in [-0.2, -0.15) is 0 Å². The van der Waals surface area contributed by atoms with Gasteiger partial charge >= 0.3 is 0 Å². The van der Waals surface area contributed by atoms with E-state index in [0.717, 1.165) is 26.1 Å². The van der Waals surface area contributed by atoms with E-state index in [-0.39, 0.29) is 5.54 Å². The summed E-state index contributed by atoms with van der Waals surface area (Å²) in [6.45, 7) is 3.69. The Morgan fingerprint density at radius 2 is 2.12 bits per heavy atom. The van der Waals surface area contributed by atoms with Crippen molar-refractivity contribution in [3.8, 4) is 0 Å². The highest BCUT2D eigenvalue weighted by Crippen LogP contribution is 2.28. The standard InChI is InChI=1S/C11H16ClN3O/c1-11(4-6-16-7-5-11)15-10-8(13)2-3-9(12)14-10/h2-3H,4-7,13H2,1H3,(H,14,15). The predicted molar refractivity (Wildman–Crippen MR) is 65.7 cm³/mol. The van der Waals surface area contributed by atoms with Crippen molar-refractivity contribution >= 4 is 23.1 Å². The highest BCUT2D eigenvalue weighted by molar-refractivity contribution is 6.29. The van der Waals surface area contributed by atoms with Crippen molar-refractivity contribution in [1.29, 1.82) is 0 Å². The lowest BCUT2D eigenvalue weighted by Gasteiger charge is -2.35. The van der Waals surface area contributed by atoms with Crippen molar-refractivity contribution in [3.05, 3.63) is 17.3 Å². The largest absolute Gasteiger partial charge is 0.396 e. The summed E-state index contributed by atoms with van der Waals surface area (Å²) >= 11 is 5.85. The van der Waals surface area contributed by atoms with E-state index in [2.05, 4.69) is 17.2 Å². The SMILES string of the molecule is CC1(Nc2nc(Cl)ccc2N)CCOCC1. The number of halogens is 1.